The van der Waals surface area contributed by atoms with Crippen molar-refractivity contribution in [3.05, 3.63) is 0 Å². The summed E-state index contributed by atoms with van der Waals surface area (Å²) in [5.74, 6) is -2.80. The topological polar surface area (TPSA) is 84.9 Å². The normalized spacial score (nSPS) is 23.2. The van der Waals surface area contributed by atoms with Gasteiger partial charge in [0.1, 0.15) is 0 Å². The summed E-state index contributed by atoms with van der Waals surface area (Å²) in [6.07, 6.45) is 1.85. The molecule has 2 aliphatic heterocycles. The number of hydrogen-bond acceptors (Lipinski definition) is 5. The first-order chi connectivity index (χ1) is 14.1. The third-order valence-electron chi connectivity index (χ3n) is 5.91. The van der Waals surface area contributed by atoms with Crippen LogP contribution in [0.5, 0.6) is 0 Å². The quantitative estimate of drug-likeness (QED) is 0.512. The zero-order valence-corrected chi connectivity index (χ0v) is 18.5. The highest BCUT2D eigenvalue weighted by Crippen LogP contribution is 2.27. The Kier molecular flexibility index (Phi) is 9.43. The van der Waals surface area contributed by atoms with Gasteiger partial charge in [-0.25, -0.2) is 8.78 Å². The molecule has 7 nitrogen and oxygen atoms in total. The first-order valence-corrected chi connectivity index (χ1v) is 11.2. The summed E-state index contributed by atoms with van der Waals surface area (Å²) in [6, 6.07) is -0.360. The Balaban J connectivity index is 1.80. The second-order valence-corrected chi connectivity index (χ2v) is 9.12. The van der Waals surface area contributed by atoms with Gasteiger partial charge in [-0.2, -0.15) is 0 Å². The van der Waals surface area contributed by atoms with Gasteiger partial charge < -0.3 is 15.7 Å². The largest absolute Gasteiger partial charge is 0.393 e. The number of halogens is 2. The number of carbonyl (C=O) groups excluding carboxylic acids is 2. The van der Waals surface area contributed by atoms with Crippen molar-refractivity contribution < 1.29 is 23.5 Å². The van der Waals surface area contributed by atoms with Gasteiger partial charge in [0.2, 0.25) is 11.8 Å². The SMILES string of the molecule is CC(C)NC(=O)C(CCC(C)NC(=O)CN1CCC(F)(F)CC1)N1CCC(O)CC1. The maximum absolute atomic E-state index is 13.2. The van der Waals surface area contributed by atoms with Crippen molar-refractivity contribution in [3.8, 4) is 0 Å². The predicted octanol–water partition coefficient (Wildman–Crippen LogP) is 1.35. The van der Waals surface area contributed by atoms with Gasteiger partial charge >= 0.3 is 0 Å². The Labute approximate surface area is 178 Å². The molecule has 2 unspecified atom stereocenters. The lowest BCUT2D eigenvalue weighted by Crippen LogP contribution is -2.52. The molecular formula is C21H38F2N4O3. The van der Waals surface area contributed by atoms with Crippen molar-refractivity contribution in [2.75, 3.05) is 32.7 Å². The van der Waals surface area contributed by atoms with E-state index in [0.29, 0.717) is 38.8 Å². The van der Waals surface area contributed by atoms with Crippen molar-refractivity contribution in [2.24, 2.45) is 0 Å². The smallest absolute Gasteiger partial charge is 0.250 e. The van der Waals surface area contributed by atoms with Crippen molar-refractivity contribution in [3.63, 3.8) is 0 Å². The Bertz CT molecular complexity index is 558. The summed E-state index contributed by atoms with van der Waals surface area (Å²) >= 11 is 0. The standard InChI is InChI=1S/C21H38F2N4O3/c1-15(2)24-20(30)18(27-10-6-17(28)7-11-27)5-4-16(3)25-19(29)14-26-12-8-21(22,23)9-13-26/h15-18,28H,4-14H2,1-3H3,(H,24,30)(H,25,29). The van der Waals surface area contributed by atoms with Crippen LogP contribution in [0.1, 0.15) is 59.3 Å². The van der Waals surface area contributed by atoms with Gasteiger partial charge in [0.25, 0.3) is 5.92 Å². The van der Waals surface area contributed by atoms with Gasteiger partial charge in [0.15, 0.2) is 0 Å². The average molecular weight is 433 g/mol. The molecule has 2 fully saturated rings. The summed E-state index contributed by atoms with van der Waals surface area (Å²) in [5, 5.41) is 15.7. The number of likely N-dealkylation sites (tertiary alicyclic amines) is 2. The van der Waals surface area contributed by atoms with Crippen LogP contribution in [-0.4, -0.2) is 89.6 Å². The van der Waals surface area contributed by atoms with Crippen LogP contribution in [0.4, 0.5) is 8.78 Å². The lowest BCUT2D eigenvalue weighted by molar-refractivity contribution is -0.128. The molecule has 2 heterocycles. The second kappa shape index (κ2) is 11.3. The van der Waals surface area contributed by atoms with Gasteiger partial charge in [0, 0.05) is 51.1 Å². The molecule has 0 aromatic rings. The number of nitrogens with zero attached hydrogens (tertiary/aromatic N) is 2. The molecule has 0 aliphatic carbocycles. The van der Waals surface area contributed by atoms with Gasteiger partial charge in [-0.3, -0.25) is 19.4 Å². The average Bonchev–Trinajstić information content (AvgIpc) is 2.64. The number of aliphatic hydroxyl groups excluding tert-OH is 1. The monoisotopic (exact) mass is 432 g/mol. The van der Waals surface area contributed by atoms with E-state index in [0.717, 1.165) is 0 Å². The predicted molar refractivity (Wildman–Crippen MR) is 111 cm³/mol. The van der Waals surface area contributed by atoms with E-state index in [-0.39, 0.29) is 68.5 Å². The zero-order chi connectivity index (χ0) is 22.3. The van der Waals surface area contributed by atoms with E-state index in [4.69, 9.17) is 0 Å². The minimum atomic E-state index is -2.61. The minimum Gasteiger partial charge on any atom is -0.393 e. The fourth-order valence-corrected chi connectivity index (χ4v) is 4.10. The van der Waals surface area contributed by atoms with Gasteiger partial charge in [-0.1, -0.05) is 0 Å². The number of nitrogens with one attached hydrogen (secondary N) is 2. The molecule has 2 rings (SSSR count). The molecule has 0 bridgehead atoms. The maximum atomic E-state index is 13.2. The number of carbonyl (C=O) groups is 2. The van der Waals surface area contributed by atoms with Crippen LogP contribution in [0.25, 0.3) is 0 Å². The highest BCUT2D eigenvalue weighted by Gasteiger charge is 2.34. The molecule has 0 aromatic carbocycles. The number of hydrogen-bond donors (Lipinski definition) is 3. The zero-order valence-electron chi connectivity index (χ0n) is 18.5. The van der Waals surface area contributed by atoms with Gasteiger partial charge in [-0.05, 0) is 46.5 Å². The molecule has 9 heteroatoms. The van der Waals surface area contributed by atoms with Crippen LogP contribution >= 0.6 is 0 Å². The first kappa shape index (κ1) is 24.9. The molecule has 2 amide bonds. The molecule has 30 heavy (non-hydrogen) atoms. The molecular weight excluding hydrogens is 394 g/mol. The molecule has 3 N–H and O–H groups in total. The van der Waals surface area contributed by atoms with E-state index < -0.39 is 5.92 Å². The number of piperidine rings is 2. The third-order valence-corrected chi connectivity index (χ3v) is 5.91. The van der Waals surface area contributed by atoms with Crippen LogP contribution in [0, 0.1) is 0 Å². The molecule has 2 saturated heterocycles. The van der Waals surface area contributed by atoms with Crippen LogP contribution in [0.15, 0.2) is 0 Å². The van der Waals surface area contributed by atoms with Crippen LogP contribution in [0.3, 0.4) is 0 Å². The number of amides is 2. The Hall–Kier alpha value is -1.32. The summed E-state index contributed by atoms with van der Waals surface area (Å²) in [4.78, 5) is 28.9. The lowest BCUT2D eigenvalue weighted by Gasteiger charge is -2.36. The van der Waals surface area contributed by atoms with E-state index >= 15 is 0 Å². The maximum Gasteiger partial charge on any atom is 0.250 e. The Morgan fingerprint density at radius 3 is 2.20 bits per heavy atom. The van der Waals surface area contributed by atoms with Crippen molar-refractivity contribution in [2.45, 2.75) is 89.4 Å². The highest BCUT2D eigenvalue weighted by molar-refractivity contribution is 5.82. The fraction of sp³-hybridized carbons (Fsp3) is 0.905. The molecule has 0 radical (unpaired) electrons. The fourth-order valence-electron chi connectivity index (χ4n) is 4.10. The van der Waals surface area contributed by atoms with Crippen molar-refractivity contribution in [1.29, 1.82) is 0 Å². The van der Waals surface area contributed by atoms with E-state index in [1.165, 1.54) is 0 Å². The van der Waals surface area contributed by atoms with Crippen molar-refractivity contribution in [1.82, 2.24) is 20.4 Å². The van der Waals surface area contributed by atoms with Gasteiger partial charge in [0.05, 0.1) is 18.7 Å². The summed E-state index contributed by atoms with van der Waals surface area (Å²) in [6.45, 7) is 7.69. The molecule has 0 saturated carbocycles. The van der Waals surface area contributed by atoms with E-state index in [1.54, 1.807) is 4.90 Å². The van der Waals surface area contributed by atoms with Crippen LogP contribution < -0.4 is 10.6 Å². The van der Waals surface area contributed by atoms with E-state index in [1.807, 2.05) is 20.8 Å². The second-order valence-electron chi connectivity index (χ2n) is 9.12. The highest BCUT2D eigenvalue weighted by atomic mass is 19.3. The summed E-state index contributed by atoms with van der Waals surface area (Å²) in [7, 11) is 0. The molecule has 174 valence electrons. The molecule has 2 atom stereocenters. The first-order valence-electron chi connectivity index (χ1n) is 11.2. The van der Waals surface area contributed by atoms with Crippen molar-refractivity contribution >= 4 is 11.8 Å². The van der Waals surface area contributed by atoms with Crippen LogP contribution in [0.2, 0.25) is 0 Å². The number of rotatable bonds is 9. The van der Waals surface area contributed by atoms with Gasteiger partial charge in [-0.15, -0.1) is 0 Å². The van der Waals surface area contributed by atoms with E-state index in [2.05, 4.69) is 15.5 Å². The third kappa shape index (κ3) is 8.43. The van der Waals surface area contributed by atoms with E-state index in [9.17, 15) is 23.5 Å². The van der Waals surface area contributed by atoms with Crippen LogP contribution in [-0.2, 0) is 9.59 Å². The summed E-state index contributed by atoms with van der Waals surface area (Å²) < 4.78 is 26.5. The lowest BCUT2D eigenvalue weighted by atomic mass is 10.00. The Morgan fingerprint density at radius 2 is 1.63 bits per heavy atom. The number of aliphatic hydroxyl groups is 1. The number of alkyl halides is 2. The Morgan fingerprint density at radius 1 is 1.03 bits per heavy atom. The minimum absolute atomic E-state index is 0.0193. The molecule has 0 aromatic heterocycles. The molecule has 0 spiro atoms. The molecule has 2 aliphatic rings. The summed E-state index contributed by atoms with van der Waals surface area (Å²) in [5.41, 5.74) is 0.